The maximum absolute atomic E-state index is 5.58. The van der Waals surface area contributed by atoms with Crippen molar-refractivity contribution in [3.63, 3.8) is 0 Å². The molecule has 2 saturated carbocycles. The van der Waals surface area contributed by atoms with Crippen LogP contribution in [0.4, 0.5) is 0 Å². The molecule has 2 aliphatic carbocycles. The summed E-state index contributed by atoms with van der Waals surface area (Å²) < 4.78 is 0. The Bertz CT molecular complexity index is 263. The molecule has 0 aromatic heterocycles. The van der Waals surface area contributed by atoms with E-state index in [1.165, 1.54) is 57.8 Å². The fraction of sp³-hybridized carbons (Fsp3) is 0.923. The van der Waals surface area contributed by atoms with Gasteiger partial charge in [-0.15, -0.1) is 0 Å². The smallest absolute Gasteiger partial charge is 0.206 e. The van der Waals surface area contributed by atoms with E-state index in [4.69, 9.17) is 10.8 Å². The lowest BCUT2D eigenvalue weighted by Crippen LogP contribution is -2.54. The lowest BCUT2D eigenvalue weighted by atomic mass is 9.83. The van der Waals surface area contributed by atoms with Gasteiger partial charge in [-0.05, 0) is 32.6 Å². The van der Waals surface area contributed by atoms with Gasteiger partial charge < -0.3 is 5.32 Å². The van der Waals surface area contributed by atoms with Crippen molar-refractivity contribution in [2.45, 2.75) is 76.3 Å². The summed E-state index contributed by atoms with van der Waals surface area (Å²) >= 11 is 0. The molecule has 0 heterocycles. The first-order valence-electron chi connectivity index (χ1n) is 7.04. The third-order valence-electron chi connectivity index (χ3n) is 4.15. The monoisotopic (exact) mass is 238 g/mol. The van der Waals surface area contributed by atoms with Crippen molar-refractivity contribution in [3.05, 3.63) is 0 Å². The van der Waals surface area contributed by atoms with Gasteiger partial charge in [-0.25, -0.2) is 10.8 Å². The van der Waals surface area contributed by atoms with Gasteiger partial charge in [0.1, 0.15) is 0 Å². The van der Waals surface area contributed by atoms with Gasteiger partial charge in [0, 0.05) is 5.54 Å². The van der Waals surface area contributed by atoms with Gasteiger partial charge in [0.05, 0.1) is 6.04 Å². The molecule has 0 amide bonds. The molecule has 0 unspecified atom stereocenters. The number of hydrogen-bond donors (Lipinski definition) is 3. The Morgan fingerprint density at radius 1 is 1.12 bits per heavy atom. The summed E-state index contributed by atoms with van der Waals surface area (Å²) in [4.78, 5) is 4.70. The van der Waals surface area contributed by atoms with Crippen LogP contribution in [0.5, 0.6) is 0 Å². The summed E-state index contributed by atoms with van der Waals surface area (Å²) in [5.41, 5.74) is 2.92. The largest absolute Gasteiger partial charge is 0.350 e. The van der Waals surface area contributed by atoms with Gasteiger partial charge >= 0.3 is 0 Å². The molecule has 4 N–H and O–H groups in total. The van der Waals surface area contributed by atoms with Gasteiger partial charge in [0.25, 0.3) is 0 Å². The van der Waals surface area contributed by atoms with Crippen LogP contribution in [-0.2, 0) is 0 Å². The number of rotatable bonds is 2. The Morgan fingerprint density at radius 2 is 1.76 bits per heavy atom. The highest BCUT2D eigenvalue weighted by Crippen LogP contribution is 2.27. The summed E-state index contributed by atoms with van der Waals surface area (Å²) in [5.74, 6) is 6.38. The zero-order valence-corrected chi connectivity index (χ0v) is 11.0. The molecule has 0 atom stereocenters. The van der Waals surface area contributed by atoms with Crippen LogP contribution in [-0.4, -0.2) is 17.5 Å². The Hall–Kier alpha value is -0.770. The van der Waals surface area contributed by atoms with Crippen molar-refractivity contribution in [1.82, 2.24) is 10.7 Å². The van der Waals surface area contributed by atoms with Crippen LogP contribution in [0.25, 0.3) is 0 Å². The summed E-state index contributed by atoms with van der Waals surface area (Å²) in [6.45, 7) is 2.29. The summed E-state index contributed by atoms with van der Waals surface area (Å²) in [6, 6.07) is 0.473. The molecule has 0 radical (unpaired) electrons. The topological polar surface area (TPSA) is 62.4 Å². The molecule has 17 heavy (non-hydrogen) atoms. The van der Waals surface area contributed by atoms with Crippen LogP contribution in [0.2, 0.25) is 0 Å². The minimum atomic E-state index is 0.183. The van der Waals surface area contributed by atoms with Gasteiger partial charge in [-0.1, -0.05) is 32.1 Å². The second-order valence-electron chi connectivity index (χ2n) is 5.81. The molecule has 0 aromatic rings. The quantitative estimate of drug-likeness (QED) is 0.299. The third-order valence-corrected chi connectivity index (χ3v) is 4.15. The lowest BCUT2D eigenvalue weighted by molar-refractivity contribution is 0.288. The van der Waals surface area contributed by atoms with Crippen molar-refractivity contribution in [1.29, 1.82) is 0 Å². The minimum absolute atomic E-state index is 0.183. The van der Waals surface area contributed by atoms with E-state index in [0.717, 1.165) is 5.96 Å². The average molecular weight is 238 g/mol. The number of hydrazine groups is 1. The minimum Gasteiger partial charge on any atom is -0.350 e. The standard InChI is InChI=1S/C13H26N4/c1-13(9-5-2-6-10-13)16-12(17-14)15-11-7-3-4-8-11/h11H,2-10,14H2,1H3,(H2,15,16,17). The number of nitrogens with one attached hydrogen (secondary N) is 2. The van der Waals surface area contributed by atoms with Crippen LogP contribution in [0, 0.1) is 0 Å². The van der Waals surface area contributed by atoms with Crippen molar-refractivity contribution >= 4 is 5.96 Å². The number of nitrogens with two attached hydrogens (primary N) is 1. The van der Waals surface area contributed by atoms with E-state index in [0.29, 0.717) is 6.04 Å². The second kappa shape index (κ2) is 5.71. The highest BCUT2D eigenvalue weighted by Gasteiger charge is 2.27. The van der Waals surface area contributed by atoms with Crippen LogP contribution in [0.15, 0.2) is 4.99 Å². The fourth-order valence-electron chi connectivity index (χ4n) is 3.06. The second-order valence-corrected chi connectivity index (χ2v) is 5.81. The van der Waals surface area contributed by atoms with E-state index in [9.17, 15) is 0 Å². The van der Waals surface area contributed by atoms with E-state index in [1.54, 1.807) is 0 Å². The Morgan fingerprint density at radius 3 is 2.35 bits per heavy atom. The Labute approximate surface area is 104 Å². The molecule has 98 valence electrons. The Balaban J connectivity index is 1.93. The van der Waals surface area contributed by atoms with Gasteiger partial charge in [-0.2, -0.15) is 0 Å². The average Bonchev–Trinajstić information content (AvgIpc) is 2.81. The summed E-state index contributed by atoms with van der Waals surface area (Å²) in [7, 11) is 0. The molecule has 2 aliphatic rings. The van der Waals surface area contributed by atoms with Crippen LogP contribution >= 0.6 is 0 Å². The number of guanidine groups is 1. The zero-order chi connectivity index (χ0) is 12.1. The number of hydrogen-bond acceptors (Lipinski definition) is 2. The van der Waals surface area contributed by atoms with Crippen molar-refractivity contribution in [2.24, 2.45) is 10.8 Å². The molecule has 0 bridgehead atoms. The van der Waals surface area contributed by atoms with Gasteiger partial charge in [0.2, 0.25) is 5.96 Å². The first-order valence-corrected chi connectivity index (χ1v) is 7.04. The van der Waals surface area contributed by atoms with E-state index in [2.05, 4.69) is 17.7 Å². The molecular weight excluding hydrogens is 212 g/mol. The predicted octanol–water partition coefficient (Wildman–Crippen LogP) is 2.06. The van der Waals surface area contributed by atoms with E-state index >= 15 is 0 Å². The van der Waals surface area contributed by atoms with Crippen molar-refractivity contribution < 1.29 is 0 Å². The first kappa shape index (κ1) is 12.7. The van der Waals surface area contributed by atoms with Gasteiger partial charge in [0.15, 0.2) is 0 Å². The lowest BCUT2D eigenvalue weighted by Gasteiger charge is -2.35. The summed E-state index contributed by atoms with van der Waals surface area (Å²) in [5, 5.41) is 3.52. The first-order chi connectivity index (χ1) is 8.22. The molecular formula is C13H26N4. The number of aliphatic imine (C=N–C) groups is 1. The van der Waals surface area contributed by atoms with Crippen LogP contribution in [0.3, 0.4) is 0 Å². The highest BCUT2D eigenvalue weighted by molar-refractivity contribution is 5.80. The van der Waals surface area contributed by atoms with E-state index in [-0.39, 0.29) is 5.54 Å². The molecule has 2 rings (SSSR count). The molecule has 0 saturated heterocycles. The highest BCUT2D eigenvalue weighted by atomic mass is 15.3. The third kappa shape index (κ3) is 3.60. The van der Waals surface area contributed by atoms with E-state index in [1.807, 2.05) is 0 Å². The molecule has 2 fully saturated rings. The van der Waals surface area contributed by atoms with Crippen molar-refractivity contribution in [3.8, 4) is 0 Å². The molecule has 0 aromatic carbocycles. The molecule has 4 heteroatoms. The molecule has 4 nitrogen and oxygen atoms in total. The SMILES string of the molecule is CC1(NC(=NC2CCCC2)NN)CCCCC1. The summed E-state index contributed by atoms with van der Waals surface area (Å²) in [6.07, 6.45) is 11.5. The van der Waals surface area contributed by atoms with Crippen LogP contribution in [0.1, 0.15) is 64.7 Å². The molecule has 0 spiro atoms. The van der Waals surface area contributed by atoms with E-state index < -0.39 is 0 Å². The number of nitrogens with zero attached hydrogens (tertiary/aromatic N) is 1. The fourth-order valence-corrected chi connectivity index (χ4v) is 3.06. The van der Waals surface area contributed by atoms with Crippen molar-refractivity contribution in [2.75, 3.05) is 0 Å². The van der Waals surface area contributed by atoms with Crippen LogP contribution < -0.4 is 16.6 Å². The normalized spacial score (nSPS) is 25.9. The Kier molecular flexibility index (Phi) is 4.26. The molecule has 0 aliphatic heterocycles. The zero-order valence-electron chi connectivity index (χ0n) is 11.0. The maximum Gasteiger partial charge on any atom is 0.206 e. The van der Waals surface area contributed by atoms with Gasteiger partial charge in [-0.3, -0.25) is 5.43 Å². The predicted molar refractivity (Wildman–Crippen MR) is 71.6 cm³/mol. The maximum atomic E-state index is 5.58.